The molecule has 3 rings (SSSR count). The molecule has 1 heterocycles. The number of ether oxygens (including phenoxy) is 1. The molecular formula is C23H31N3O4S. The van der Waals surface area contributed by atoms with Crippen LogP contribution in [-0.2, 0) is 17.7 Å². The summed E-state index contributed by atoms with van der Waals surface area (Å²) >= 11 is 0.997. The number of hydrogen-bond donors (Lipinski definition) is 5. The summed E-state index contributed by atoms with van der Waals surface area (Å²) in [5.74, 6) is 0.0131. The number of phenolic OH excluding ortho intramolecular Hbond substituents is 1. The van der Waals surface area contributed by atoms with Crippen molar-refractivity contribution in [1.82, 2.24) is 15.6 Å². The monoisotopic (exact) mass is 445 g/mol. The zero-order chi connectivity index (χ0) is 22.2. The fraction of sp³-hybridized carbons (Fsp3) is 0.435. The molecule has 0 aliphatic carbocycles. The largest absolute Gasteiger partial charge is 0.506 e. The highest BCUT2D eigenvalue weighted by Gasteiger charge is 2.16. The second-order valence-electron chi connectivity index (χ2n) is 7.62. The van der Waals surface area contributed by atoms with Crippen LogP contribution in [0, 0.1) is 0 Å². The molecule has 0 radical (unpaired) electrons. The molecule has 0 bridgehead atoms. The van der Waals surface area contributed by atoms with Gasteiger partial charge in [-0.1, -0.05) is 48.6 Å². The Hall–Kier alpha value is -2.23. The van der Waals surface area contributed by atoms with Gasteiger partial charge in [-0.25, -0.2) is 0 Å². The summed E-state index contributed by atoms with van der Waals surface area (Å²) in [7, 11) is 1.72. The Morgan fingerprint density at radius 3 is 2.81 bits per heavy atom. The quantitative estimate of drug-likeness (QED) is 0.275. The van der Waals surface area contributed by atoms with E-state index < -0.39 is 6.10 Å². The van der Waals surface area contributed by atoms with Crippen LogP contribution in [-0.4, -0.2) is 48.0 Å². The molecule has 0 fully saturated rings. The summed E-state index contributed by atoms with van der Waals surface area (Å²) in [6.07, 6.45) is 1.10. The number of nitrogens with one attached hydrogen (secondary N) is 3. The minimum atomic E-state index is -0.767. The number of hydrogen-bond acceptors (Lipinski definition) is 7. The Kier molecular flexibility index (Phi) is 8.62. The summed E-state index contributed by atoms with van der Waals surface area (Å²) in [4.78, 5) is 14.0. The van der Waals surface area contributed by atoms with Gasteiger partial charge in [0.15, 0.2) is 0 Å². The van der Waals surface area contributed by atoms with E-state index in [4.69, 9.17) is 4.74 Å². The SMILES string of the molecule is CCC(COC)NCc1cccc(CCNCC(O)c2ccc(O)c3[nH]c(=O)sc23)c1. The van der Waals surface area contributed by atoms with E-state index in [9.17, 15) is 15.0 Å². The predicted molar refractivity (Wildman–Crippen MR) is 125 cm³/mol. The normalized spacial score (nSPS) is 13.5. The third-order valence-corrected chi connectivity index (χ3v) is 6.25. The van der Waals surface area contributed by atoms with Gasteiger partial charge in [0.1, 0.15) is 11.3 Å². The number of phenols is 1. The highest BCUT2D eigenvalue weighted by molar-refractivity contribution is 7.16. The van der Waals surface area contributed by atoms with Gasteiger partial charge < -0.3 is 30.6 Å². The van der Waals surface area contributed by atoms with Crippen LogP contribution < -0.4 is 15.5 Å². The lowest BCUT2D eigenvalue weighted by Crippen LogP contribution is -2.32. The second kappa shape index (κ2) is 11.4. The second-order valence-corrected chi connectivity index (χ2v) is 8.61. The van der Waals surface area contributed by atoms with E-state index in [1.54, 1.807) is 13.2 Å². The van der Waals surface area contributed by atoms with Crippen molar-refractivity contribution in [3.05, 3.63) is 62.8 Å². The van der Waals surface area contributed by atoms with E-state index >= 15 is 0 Å². The molecule has 2 aromatic carbocycles. The van der Waals surface area contributed by atoms with Crippen molar-refractivity contribution >= 4 is 21.6 Å². The van der Waals surface area contributed by atoms with Gasteiger partial charge >= 0.3 is 4.87 Å². The number of fused-ring (bicyclic) bond motifs is 1. The maximum Gasteiger partial charge on any atom is 0.305 e. The van der Waals surface area contributed by atoms with E-state index in [1.807, 2.05) is 0 Å². The lowest BCUT2D eigenvalue weighted by atomic mass is 10.1. The number of aromatic nitrogens is 1. The average Bonchev–Trinajstić information content (AvgIpc) is 3.17. The van der Waals surface area contributed by atoms with Gasteiger partial charge in [-0.05, 0) is 36.6 Å². The molecule has 0 aliphatic rings. The molecule has 2 unspecified atom stereocenters. The molecular weight excluding hydrogens is 414 g/mol. The third-order valence-electron chi connectivity index (χ3n) is 5.32. The lowest BCUT2D eigenvalue weighted by molar-refractivity contribution is 0.164. The highest BCUT2D eigenvalue weighted by atomic mass is 32.1. The molecule has 0 aliphatic heterocycles. The lowest BCUT2D eigenvalue weighted by Gasteiger charge is -2.16. The van der Waals surface area contributed by atoms with Crippen LogP contribution in [0.3, 0.4) is 0 Å². The molecule has 2 atom stereocenters. The first-order chi connectivity index (χ1) is 15.0. The van der Waals surface area contributed by atoms with Gasteiger partial charge in [0.05, 0.1) is 17.4 Å². The summed E-state index contributed by atoms with van der Waals surface area (Å²) in [5, 5.41) is 27.3. The van der Waals surface area contributed by atoms with Crippen molar-refractivity contribution < 1.29 is 14.9 Å². The van der Waals surface area contributed by atoms with Crippen molar-refractivity contribution in [3.8, 4) is 5.75 Å². The number of benzene rings is 2. The van der Waals surface area contributed by atoms with Crippen molar-refractivity contribution in [3.63, 3.8) is 0 Å². The molecule has 0 saturated carbocycles. The van der Waals surface area contributed by atoms with Gasteiger partial charge in [-0.15, -0.1) is 0 Å². The average molecular weight is 446 g/mol. The van der Waals surface area contributed by atoms with Crippen LogP contribution in [0.4, 0.5) is 0 Å². The topological polar surface area (TPSA) is 107 Å². The maximum atomic E-state index is 11.6. The van der Waals surface area contributed by atoms with Gasteiger partial charge in [0.2, 0.25) is 0 Å². The number of rotatable bonds is 12. The fourth-order valence-corrected chi connectivity index (χ4v) is 4.48. The van der Waals surface area contributed by atoms with Crippen molar-refractivity contribution in [2.75, 3.05) is 26.8 Å². The predicted octanol–water partition coefficient (Wildman–Crippen LogP) is 2.68. The third kappa shape index (κ3) is 6.38. The first kappa shape index (κ1) is 23.4. The van der Waals surface area contributed by atoms with Crippen molar-refractivity contribution in [2.24, 2.45) is 0 Å². The number of aliphatic hydroxyl groups excluding tert-OH is 1. The molecule has 31 heavy (non-hydrogen) atoms. The maximum absolute atomic E-state index is 11.6. The van der Waals surface area contributed by atoms with Gasteiger partial charge in [0, 0.05) is 31.8 Å². The minimum Gasteiger partial charge on any atom is -0.506 e. The van der Waals surface area contributed by atoms with E-state index in [2.05, 4.69) is 46.8 Å². The van der Waals surface area contributed by atoms with Crippen molar-refractivity contribution in [1.29, 1.82) is 0 Å². The summed E-state index contributed by atoms with van der Waals surface area (Å²) in [6, 6.07) is 12.0. The highest BCUT2D eigenvalue weighted by Crippen LogP contribution is 2.31. The number of H-pyrrole nitrogens is 1. The number of aliphatic hydroxyl groups is 1. The molecule has 0 spiro atoms. The van der Waals surface area contributed by atoms with Crippen LogP contribution in [0.2, 0.25) is 0 Å². The van der Waals surface area contributed by atoms with E-state index in [1.165, 1.54) is 17.2 Å². The Morgan fingerprint density at radius 2 is 2.03 bits per heavy atom. The summed E-state index contributed by atoms with van der Waals surface area (Å²) < 4.78 is 5.83. The number of aromatic hydroxyl groups is 1. The zero-order valence-electron chi connectivity index (χ0n) is 18.0. The first-order valence-corrected chi connectivity index (χ1v) is 11.4. The van der Waals surface area contributed by atoms with Gasteiger partial charge in [-0.2, -0.15) is 0 Å². The van der Waals surface area contributed by atoms with Crippen LogP contribution >= 0.6 is 11.3 Å². The molecule has 0 amide bonds. The Morgan fingerprint density at radius 1 is 1.23 bits per heavy atom. The number of aromatic amines is 1. The Balaban J connectivity index is 1.50. The van der Waals surface area contributed by atoms with Gasteiger partial charge in [0.25, 0.3) is 0 Å². The van der Waals surface area contributed by atoms with E-state index in [0.29, 0.717) is 35.0 Å². The van der Waals surface area contributed by atoms with Gasteiger partial charge in [-0.3, -0.25) is 4.79 Å². The van der Waals surface area contributed by atoms with E-state index in [0.717, 1.165) is 37.3 Å². The fourth-order valence-electron chi connectivity index (χ4n) is 3.56. The Labute approximate surface area is 186 Å². The van der Waals surface area contributed by atoms with Crippen molar-refractivity contribution in [2.45, 2.75) is 38.5 Å². The zero-order valence-corrected chi connectivity index (χ0v) is 18.8. The molecule has 5 N–H and O–H groups in total. The molecule has 3 aromatic rings. The number of methoxy groups -OCH3 is 1. The molecule has 0 saturated heterocycles. The smallest absolute Gasteiger partial charge is 0.305 e. The first-order valence-electron chi connectivity index (χ1n) is 10.6. The summed E-state index contributed by atoms with van der Waals surface area (Å²) in [6.45, 7) is 4.74. The Bertz CT molecular complexity index is 1030. The van der Waals surface area contributed by atoms with Crippen LogP contribution in [0.15, 0.2) is 41.2 Å². The van der Waals surface area contributed by atoms with E-state index in [-0.39, 0.29) is 10.6 Å². The number of thiazole rings is 1. The summed E-state index contributed by atoms with van der Waals surface area (Å²) in [5.41, 5.74) is 3.49. The molecule has 168 valence electrons. The molecule has 8 heteroatoms. The minimum absolute atomic E-state index is 0.0131. The van der Waals surface area contributed by atoms with Crippen LogP contribution in [0.5, 0.6) is 5.75 Å². The standard InChI is InChI=1S/C23H31N3O4S/c1-3-17(14-30-2)25-12-16-6-4-5-15(11-16)9-10-24-13-20(28)18-7-8-19(27)21-22(18)31-23(29)26-21/h4-8,11,17,20,24-25,27-28H,3,9-10,12-14H2,1-2H3,(H,26,29). The van der Waals surface area contributed by atoms with Crippen LogP contribution in [0.25, 0.3) is 10.2 Å². The molecule has 1 aromatic heterocycles. The van der Waals surface area contributed by atoms with Crippen LogP contribution in [0.1, 0.15) is 36.1 Å². The molecule has 7 nitrogen and oxygen atoms in total.